The van der Waals surface area contributed by atoms with Gasteiger partial charge in [-0.1, -0.05) is 44.2 Å². The van der Waals surface area contributed by atoms with Gasteiger partial charge in [-0.2, -0.15) is 0 Å². The number of ether oxygens (including phenoxy) is 1. The Morgan fingerprint density at radius 2 is 2.03 bits per heavy atom. The minimum atomic E-state index is -2.38. The standard InChI is InChI=1S/C21H29N3O5/c1-14(2)10-18(24-21(28)29-13-15-6-4-3-5-7-15)20(27)23-17(12-25)11-16-8-9-22-19(16)26/h3-7,12,14,16-18H,8-11,13H2,1-2H3,(H,22,26)(H,23,27)(H,24,28)/t16-,17-,18-/m0/s1/i13D2. The summed E-state index contributed by atoms with van der Waals surface area (Å²) in [6.07, 6.45) is 0.504. The van der Waals surface area contributed by atoms with Gasteiger partial charge in [-0.15, -0.1) is 0 Å². The van der Waals surface area contributed by atoms with Crippen LogP contribution in [0.1, 0.15) is 41.4 Å². The summed E-state index contributed by atoms with van der Waals surface area (Å²) >= 11 is 0. The van der Waals surface area contributed by atoms with Crippen molar-refractivity contribution in [2.45, 2.75) is 51.8 Å². The van der Waals surface area contributed by atoms with Crippen molar-refractivity contribution < 1.29 is 26.7 Å². The van der Waals surface area contributed by atoms with E-state index in [-0.39, 0.29) is 36.1 Å². The van der Waals surface area contributed by atoms with Crippen LogP contribution >= 0.6 is 0 Å². The fourth-order valence-corrected chi connectivity index (χ4v) is 3.09. The molecule has 0 aliphatic carbocycles. The van der Waals surface area contributed by atoms with Crippen LogP contribution in [0.15, 0.2) is 30.3 Å². The van der Waals surface area contributed by atoms with Crippen LogP contribution in [0.5, 0.6) is 0 Å². The molecule has 0 radical (unpaired) electrons. The summed E-state index contributed by atoms with van der Waals surface area (Å²) in [6.45, 7) is 1.87. The fraction of sp³-hybridized carbons (Fsp3) is 0.524. The Balaban J connectivity index is 2.00. The maximum atomic E-state index is 12.7. The number of carbonyl (C=O) groups is 4. The van der Waals surface area contributed by atoms with E-state index in [0.29, 0.717) is 19.3 Å². The molecule has 0 bridgehead atoms. The number of aldehydes is 1. The Hall–Kier alpha value is -2.90. The third kappa shape index (κ3) is 7.56. The van der Waals surface area contributed by atoms with Crippen LogP contribution in [-0.2, 0) is 25.7 Å². The first-order valence-corrected chi connectivity index (χ1v) is 9.70. The van der Waals surface area contributed by atoms with Gasteiger partial charge in [0.1, 0.15) is 18.9 Å². The van der Waals surface area contributed by atoms with Crippen LogP contribution in [0.2, 0.25) is 0 Å². The first-order chi connectivity index (χ1) is 14.6. The zero-order chi connectivity index (χ0) is 23.0. The Bertz CT molecular complexity index is 788. The molecule has 0 unspecified atom stereocenters. The lowest BCUT2D eigenvalue weighted by atomic mass is 9.98. The van der Waals surface area contributed by atoms with Gasteiger partial charge in [0.25, 0.3) is 0 Å². The van der Waals surface area contributed by atoms with E-state index in [1.807, 2.05) is 13.8 Å². The largest absolute Gasteiger partial charge is 0.445 e. The summed E-state index contributed by atoms with van der Waals surface area (Å²) in [5.41, 5.74) is 0.158. The topological polar surface area (TPSA) is 114 Å². The van der Waals surface area contributed by atoms with Gasteiger partial charge in [-0.3, -0.25) is 9.59 Å². The number of nitrogens with one attached hydrogen (secondary N) is 3. The quantitative estimate of drug-likeness (QED) is 0.511. The minimum Gasteiger partial charge on any atom is -0.445 e. The Morgan fingerprint density at radius 1 is 1.31 bits per heavy atom. The van der Waals surface area contributed by atoms with Crippen molar-refractivity contribution in [2.24, 2.45) is 11.8 Å². The van der Waals surface area contributed by atoms with Crippen LogP contribution in [0.3, 0.4) is 0 Å². The zero-order valence-electron chi connectivity index (χ0n) is 18.6. The van der Waals surface area contributed by atoms with Crippen LogP contribution in [0.25, 0.3) is 0 Å². The van der Waals surface area contributed by atoms with Gasteiger partial charge in [0, 0.05) is 12.5 Å². The molecule has 158 valence electrons. The molecule has 1 fully saturated rings. The number of hydrogen-bond donors (Lipinski definition) is 3. The summed E-state index contributed by atoms with van der Waals surface area (Å²) < 4.78 is 20.9. The average Bonchev–Trinajstić information content (AvgIpc) is 3.11. The maximum absolute atomic E-state index is 12.7. The third-order valence-corrected chi connectivity index (χ3v) is 4.54. The summed E-state index contributed by atoms with van der Waals surface area (Å²) in [5.74, 6) is -1.07. The summed E-state index contributed by atoms with van der Waals surface area (Å²) in [5, 5.41) is 7.65. The molecule has 1 saturated heterocycles. The van der Waals surface area contributed by atoms with Gasteiger partial charge in [-0.05, 0) is 30.7 Å². The molecule has 3 N–H and O–H groups in total. The van der Waals surface area contributed by atoms with E-state index in [1.165, 1.54) is 12.1 Å². The maximum Gasteiger partial charge on any atom is 0.408 e. The number of carbonyl (C=O) groups excluding carboxylic acids is 4. The van der Waals surface area contributed by atoms with E-state index >= 15 is 0 Å². The lowest BCUT2D eigenvalue weighted by molar-refractivity contribution is -0.127. The average molecular weight is 405 g/mol. The van der Waals surface area contributed by atoms with Crippen molar-refractivity contribution in [3.63, 3.8) is 0 Å². The first kappa shape index (κ1) is 19.4. The van der Waals surface area contributed by atoms with Gasteiger partial charge >= 0.3 is 6.09 Å². The molecule has 1 heterocycles. The zero-order valence-corrected chi connectivity index (χ0v) is 16.6. The monoisotopic (exact) mass is 405 g/mol. The van der Waals surface area contributed by atoms with Gasteiger partial charge in [0.05, 0.1) is 8.78 Å². The number of rotatable bonds is 10. The molecule has 29 heavy (non-hydrogen) atoms. The van der Waals surface area contributed by atoms with Crippen LogP contribution < -0.4 is 16.0 Å². The van der Waals surface area contributed by atoms with E-state index < -0.39 is 30.6 Å². The molecule has 0 saturated carbocycles. The molecule has 1 aromatic rings. The van der Waals surface area contributed by atoms with Gasteiger partial charge < -0.3 is 25.5 Å². The fourth-order valence-electron chi connectivity index (χ4n) is 3.09. The number of benzene rings is 1. The summed E-state index contributed by atoms with van der Waals surface area (Å²) in [4.78, 5) is 48.2. The number of alkyl carbamates (subject to hydrolysis) is 1. The second kappa shape index (κ2) is 11.2. The predicted molar refractivity (Wildman–Crippen MR) is 107 cm³/mol. The molecular weight excluding hydrogens is 374 g/mol. The second-order valence-corrected chi connectivity index (χ2v) is 7.45. The van der Waals surface area contributed by atoms with Crippen molar-refractivity contribution in [1.29, 1.82) is 0 Å². The van der Waals surface area contributed by atoms with Crippen molar-refractivity contribution in [3.8, 4) is 0 Å². The molecule has 1 aromatic carbocycles. The van der Waals surface area contributed by atoms with Crippen molar-refractivity contribution in [3.05, 3.63) is 35.9 Å². The van der Waals surface area contributed by atoms with Crippen LogP contribution in [0.4, 0.5) is 4.79 Å². The Kier molecular flexibility index (Phi) is 7.49. The highest BCUT2D eigenvalue weighted by atomic mass is 16.5. The molecule has 2 rings (SSSR count). The minimum absolute atomic E-state index is 0.0252. The highest BCUT2D eigenvalue weighted by Crippen LogP contribution is 2.16. The molecule has 3 atom stereocenters. The summed E-state index contributed by atoms with van der Waals surface area (Å²) in [7, 11) is 0. The Morgan fingerprint density at radius 3 is 2.62 bits per heavy atom. The third-order valence-electron chi connectivity index (χ3n) is 4.54. The van der Waals surface area contributed by atoms with Crippen molar-refractivity contribution in [2.75, 3.05) is 6.54 Å². The predicted octanol–water partition coefficient (Wildman–Crippen LogP) is 1.54. The van der Waals surface area contributed by atoms with E-state index in [4.69, 9.17) is 7.48 Å². The molecular formula is C21H29N3O5. The molecule has 8 heteroatoms. The molecule has 3 amide bonds. The number of amides is 3. The van der Waals surface area contributed by atoms with Gasteiger partial charge in [0.15, 0.2) is 0 Å². The Labute approximate surface area is 173 Å². The summed E-state index contributed by atoms with van der Waals surface area (Å²) in [6, 6.07) is 6.02. The van der Waals surface area contributed by atoms with E-state index in [1.54, 1.807) is 18.2 Å². The molecule has 1 aliphatic rings. The van der Waals surface area contributed by atoms with Crippen LogP contribution in [0, 0.1) is 11.8 Å². The molecule has 0 aromatic heterocycles. The molecule has 1 aliphatic heterocycles. The van der Waals surface area contributed by atoms with Crippen molar-refractivity contribution in [1.82, 2.24) is 16.0 Å². The van der Waals surface area contributed by atoms with E-state index in [0.717, 1.165) is 0 Å². The van der Waals surface area contributed by atoms with E-state index in [2.05, 4.69) is 16.0 Å². The smallest absolute Gasteiger partial charge is 0.408 e. The highest BCUT2D eigenvalue weighted by Gasteiger charge is 2.30. The lowest BCUT2D eigenvalue weighted by Gasteiger charge is -2.23. The first-order valence-electron chi connectivity index (χ1n) is 10.7. The lowest BCUT2D eigenvalue weighted by Crippen LogP contribution is -2.51. The van der Waals surface area contributed by atoms with Gasteiger partial charge in [-0.25, -0.2) is 4.79 Å². The van der Waals surface area contributed by atoms with Gasteiger partial charge in [0.2, 0.25) is 11.8 Å². The molecule has 8 nitrogen and oxygen atoms in total. The number of hydrogen-bond acceptors (Lipinski definition) is 5. The van der Waals surface area contributed by atoms with Crippen molar-refractivity contribution >= 4 is 24.2 Å². The SMILES string of the molecule is [2H]C([2H])(OC(=O)N[C@@H](CC(C)C)C(=O)N[C@H](C=O)C[C@@H]1CCNC1=O)c1ccccc1. The highest BCUT2D eigenvalue weighted by molar-refractivity contribution is 5.88. The van der Waals surface area contributed by atoms with E-state index in [9.17, 15) is 19.2 Å². The normalized spacial score (nSPS) is 19.4. The second-order valence-electron chi connectivity index (χ2n) is 7.45. The molecule has 0 spiro atoms. The van der Waals surface area contributed by atoms with Crippen LogP contribution in [-0.4, -0.2) is 42.8 Å².